The van der Waals surface area contributed by atoms with Crippen molar-refractivity contribution in [1.29, 1.82) is 0 Å². The van der Waals surface area contributed by atoms with Gasteiger partial charge in [0, 0.05) is 12.5 Å². The van der Waals surface area contributed by atoms with Crippen molar-refractivity contribution < 1.29 is 14.3 Å². The summed E-state index contributed by atoms with van der Waals surface area (Å²) >= 11 is 0. The summed E-state index contributed by atoms with van der Waals surface area (Å²) < 4.78 is 4.46. The van der Waals surface area contributed by atoms with E-state index in [-0.39, 0.29) is 23.7 Å². The third-order valence-electron chi connectivity index (χ3n) is 3.72. The molecule has 2 N–H and O–H groups in total. The quantitative estimate of drug-likeness (QED) is 0.352. The van der Waals surface area contributed by atoms with Gasteiger partial charge in [0.1, 0.15) is 0 Å². The summed E-state index contributed by atoms with van der Waals surface area (Å²) in [5.41, 5.74) is 0. The molecule has 2 atom stereocenters. The lowest BCUT2D eigenvalue weighted by Gasteiger charge is -2.08. The fourth-order valence-corrected chi connectivity index (χ4v) is 2.04. The number of hydrogen-bond acceptors (Lipinski definition) is 4. The first-order valence-corrected chi connectivity index (χ1v) is 7.61. The maximum atomic E-state index is 11.3. The average molecular weight is 286 g/mol. The molecular formula is C15H30N2O3. The van der Waals surface area contributed by atoms with Gasteiger partial charge >= 0.3 is 5.97 Å². The lowest BCUT2D eigenvalue weighted by Crippen LogP contribution is -2.33. The monoisotopic (exact) mass is 286 g/mol. The molecule has 1 aliphatic rings. The van der Waals surface area contributed by atoms with Gasteiger partial charge in [-0.25, -0.2) is 5.84 Å². The van der Waals surface area contributed by atoms with Crippen LogP contribution >= 0.6 is 0 Å². The topological polar surface area (TPSA) is 72.6 Å². The summed E-state index contributed by atoms with van der Waals surface area (Å²) in [6.07, 6.45) is 6.45. The Labute approximate surface area is 122 Å². The van der Waals surface area contributed by atoms with Crippen molar-refractivity contribution in [3.05, 3.63) is 0 Å². The van der Waals surface area contributed by atoms with E-state index in [1.54, 1.807) is 0 Å². The number of methoxy groups -OCH3 is 1. The van der Waals surface area contributed by atoms with Gasteiger partial charge in [0.2, 0.25) is 5.91 Å². The van der Waals surface area contributed by atoms with Crippen molar-refractivity contribution in [3.8, 4) is 0 Å². The summed E-state index contributed by atoms with van der Waals surface area (Å²) in [6, 6.07) is 0. The largest absolute Gasteiger partial charge is 0.469 e. The Morgan fingerprint density at radius 2 is 2.10 bits per heavy atom. The van der Waals surface area contributed by atoms with Crippen LogP contribution in [0.15, 0.2) is 0 Å². The van der Waals surface area contributed by atoms with Gasteiger partial charge in [0.05, 0.1) is 13.0 Å². The van der Waals surface area contributed by atoms with Crippen LogP contribution in [0.2, 0.25) is 0 Å². The highest BCUT2D eigenvalue weighted by Gasteiger charge is 2.28. The predicted molar refractivity (Wildman–Crippen MR) is 79.6 cm³/mol. The van der Waals surface area contributed by atoms with Crippen LogP contribution in [0.1, 0.15) is 59.3 Å². The van der Waals surface area contributed by atoms with Crippen LogP contribution in [0.3, 0.4) is 0 Å². The third kappa shape index (κ3) is 6.89. The summed E-state index contributed by atoms with van der Waals surface area (Å²) in [6.45, 7) is 6.73. The van der Waals surface area contributed by atoms with Gasteiger partial charge in [0.25, 0.3) is 0 Å². The van der Waals surface area contributed by atoms with E-state index >= 15 is 0 Å². The Morgan fingerprint density at radius 3 is 2.45 bits per heavy atom. The number of carbonyl (C=O) groups excluding carboxylic acids is 2. The number of unbranched alkanes of at least 4 members (excludes halogenated alkanes) is 2. The molecule has 1 saturated heterocycles. The minimum atomic E-state index is -0.118. The standard InChI is InChI=1S/C9H18N2O.C6H12O2/c1-2-3-4-5-8-6-7-11(10)9(8)12;1-4-5(2)6(7)8-3/h8H,2-7,10H2,1H3;5H,4H2,1-3H3. The minimum Gasteiger partial charge on any atom is -0.469 e. The van der Waals surface area contributed by atoms with Crippen LogP contribution in [0, 0.1) is 11.8 Å². The lowest BCUT2D eigenvalue weighted by molar-refractivity contribution is -0.144. The number of ether oxygens (including phenoxy) is 1. The van der Waals surface area contributed by atoms with Crippen molar-refractivity contribution in [3.63, 3.8) is 0 Å². The van der Waals surface area contributed by atoms with Gasteiger partial charge in [-0.3, -0.25) is 14.6 Å². The summed E-state index contributed by atoms with van der Waals surface area (Å²) in [7, 11) is 1.41. The number of hydrogen-bond donors (Lipinski definition) is 1. The lowest BCUT2D eigenvalue weighted by atomic mass is 10.0. The van der Waals surface area contributed by atoms with E-state index in [1.807, 2.05) is 13.8 Å². The number of carbonyl (C=O) groups is 2. The molecule has 0 aromatic carbocycles. The van der Waals surface area contributed by atoms with E-state index in [0.717, 1.165) is 25.8 Å². The van der Waals surface area contributed by atoms with Gasteiger partial charge in [-0.2, -0.15) is 0 Å². The Kier molecular flexibility index (Phi) is 10.1. The highest BCUT2D eigenvalue weighted by Crippen LogP contribution is 2.21. The number of esters is 1. The number of rotatable bonds is 6. The second-order valence-corrected chi connectivity index (χ2v) is 5.35. The fraction of sp³-hybridized carbons (Fsp3) is 0.867. The van der Waals surface area contributed by atoms with Crippen LogP contribution < -0.4 is 5.84 Å². The van der Waals surface area contributed by atoms with Gasteiger partial charge in [-0.15, -0.1) is 0 Å². The molecule has 0 spiro atoms. The third-order valence-corrected chi connectivity index (χ3v) is 3.72. The van der Waals surface area contributed by atoms with E-state index in [9.17, 15) is 9.59 Å². The van der Waals surface area contributed by atoms with Crippen molar-refractivity contribution in [2.75, 3.05) is 13.7 Å². The molecule has 0 aromatic heterocycles. The highest BCUT2D eigenvalue weighted by molar-refractivity contribution is 5.80. The molecule has 118 valence electrons. The predicted octanol–water partition coefficient (Wildman–Crippen LogP) is 2.49. The molecule has 0 radical (unpaired) electrons. The zero-order chi connectivity index (χ0) is 15.5. The molecule has 0 saturated carbocycles. The Balaban J connectivity index is 0.000000396. The molecule has 1 aliphatic heterocycles. The van der Waals surface area contributed by atoms with Crippen molar-refractivity contribution in [2.45, 2.75) is 59.3 Å². The minimum absolute atomic E-state index is 0.0556. The molecular weight excluding hydrogens is 256 g/mol. The van der Waals surface area contributed by atoms with Crippen LogP contribution in [-0.2, 0) is 14.3 Å². The molecule has 0 bridgehead atoms. The van der Waals surface area contributed by atoms with Crippen LogP contribution in [-0.4, -0.2) is 30.5 Å². The summed E-state index contributed by atoms with van der Waals surface area (Å²) in [4.78, 5) is 21.8. The first kappa shape index (κ1) is 18.9. The van der Waals surface area contributed by atoms with Gasteiger partial charge in [-0.1, -0.05) is 40.0 Å². The molecule has 1 amide bonds. The zero-order valence-electron chi connectivity index (χ0n) is 13.4. The Morgan fingerprint density at radius 1 is 1.45 bits per heavy atom. The second kappa shape index (κ2) is 10.7. The zero-order valence-corrected chi connectivity index (χ0v) is 13.4. The molecule has 0 aromatic rings. The summed E-state index contributed by atoms with van der Waals surface area (Å²) in [5, 5.41) is 1.36. The molecule has 20 heavy (non-hydrogen) atoms. The molecule has 1 fully saturated rings. The van der Waals surface area contributed by atoms with Crippen LogP contribution in [0.4, 0.5) is 0 Å². The Bertz CT molecular complexity index is 295. The van der Waals surface area contributed by atoms with Gasteiger partial charge in [-0.05, 0) is 19.3 Å². The summed E-state index contributed by atoms with van der Waals surface area (Å²) in [5.74, 6) is 5.76. The SMILES string of the molecule is CCC(C)C(=O)OC.CCCCCC1CCN(N)C1=O. The van der Waals surface area contributed by atoms with E-state index < -0.39 is 0 Å². The maximum Gasteiger partial charge on any atom is 0.308 e. The second-order valence-electron chi connectivity index (χ2n) is 5.35. The van der Waals surface area contributed by atoms with Crippen molar-refractivity contribution in [2.24, 2.45) is 17.7 Å². The maximum absolute atomic E-state index is 11.3. The molecule has 5 nitrogen and oxygen atoms in total. The molecule has 2 unspecified atom stereocenters. The van der Waals surface area contributed by atoms with Crippen molar-refractivity contribution in [1.82, 2.24) is 5.01 Å². The van der Waals surface area contributed by atoms with Gasteiger partial charge in [0.15, 0.2) is 0 Å². The molecule has 0 aliphatic carbocycles. The molecule has 1 rings (SSSR count). The van der Waals surface area contributed by atoms with E-state index in [0.29, 0.717) is 0 Å². The average Bonchev–Trinajstić information content (AvgIpc) is 2.78. The smallest absolute Gasteiger partial charge is 0.308 e. The van der Waals surface area contributed by atoms with E-state index in [1.165, 1.54) is 31.4 Å². The fourth-order valence-electron chi connectivity index (χ4n) is 2.04. The van der Waals surface area contributed by atoms with E-state index in [4.69, 9.17) is 5.84 Å². The Hall–Kier alpha value is -1.10. The number of amides is 1. The molecule has 5 heteroatoms. The van der Waals surface area contributed by atoms with E-state index in [2.05, 4.69) is 11.7 Å². The van der Waals surface area contributed by atoms with Gasteiger partial charge < -0.3 is 4.74 Å². The molecule has 1 heterocycles. The van der Waals surface area contributed by atoms with Crippen LogP contribution in [0.5, 0.6) is 0 Å². The first-order chi connectivity index (χ1) is 9.47. The van der Waals surface area contributed by atoms with Crippen molar-refractivity contribution >= 4 is 11.9 Å². The first-order valence-electron chi connectivity index (χ1n) is 7.61. The number of nitrogens with zero attached hydrogens (tertiary/aromatic N) is 1. The number of hydrazine groups is 1. The number of nitrogens with two attached hydrogens (primary N) is 1. The van der Waals surface area contributed by atoms with Crippen LogP contribution in [0.25, 0.3) is 0 Å². The normalized spacial score (nSPS) is 19.4. The highest BCUT2D eigenvalue weighted by atomic mass is 16.5.